The minimum atomic E-state index is -0.189. The van der Waals surface area contributed by atoms with Crippen molar-refractivity contribution >= 4 is 17.5 Å². The lowest BCUT2D eigenvalue weighted by atomic mass is 10.0. The molecule has 0 saturated heterocycles. The third-order valence-corrected chi connectivity index (χ3v) is 3.34. The number of anilines is 2. The number of hydrogen-bond donors (Lipinski definition) is 2. The molecule has 0 spiro atoms. The molecule has 1 aromatic heterocycles. The summed E-state index contributed by atoms with van der Waals surface area (Å²) in [5.41, 5.74) is 3.27. The summed E-state index contributed by atoms with van der Waals surface area (Å²) in [7, 11) is 0. The molecule has 1 aromatic carbocycles. The van der Waals surface area contributed by atoms with Crippen LogP contribution in [0.5, 0.6) is 0 Å². The van der Waals surface area contributed by atoms with Crippen molar-refractivity contribution in [2.45, 2.75) is 46.6 Å². The Labute approximate surface area is 137 Å². The second-order valence-corrected chi connectivity index (χ2v) is 6.21. The van der Waals surface area contributed by atoms with Gasteiger partial charge in [0.25, 0.3) is 5.91 Å². The van der Waals surface area contributed by atoms with Gasteiger partial charge in [-0.3, -0.25) is 4.79 Å². The molecule has 0 aliphatic rings. The molecule has 2 rings (SSSR count). The number of carbonyl (C=O) groups excluding carboxylic acids is 1. The highest BCUT2D eigenvalue weighted by atomic mass is 16.1. The van der Waals surface area contributed by atoms with Crippen LogP contribution in [0, 0.1) is 6.92 Å². The predicted molar refractivity (Wildman–Crippen MR) is 93.2 cm³/mol. The van der Waals surface area contributed by atoms with Crippen molar-refractivity contribution in [1.29, 1.82) is 0 Å². The molecule has 0 atom stereocenters. The zero-order valence-electron chi connectivity index (χ0n) is 14.3. The first kappa shape index (κ1) is 16.9. The number of carbonyl (C=O) groups is 1. The Hall–Kier alpha value is -2.43. The number of nitrogens with one attached hydrogen (secondary N) is 2. The minimum absolute atomic E-state index is 0.0656. The SMILES string of the molecule is Cc1cc(C(=O)NC(C)C)nc(Nc2ccccc2C(C)C)n1. The van der Waals surface area contributed by atoms with Crippen molar-refractivity contribution in [2.75, 3.05) is 5.32 Å². The number of aryl methyl sites for hydroxylation is 1. The molecule has 5 nitrogen and oxygen atoms in total. The number of nitrogens with zero attached hydrogens (tertiary/aromatic N) is 2. The van der Waals surface area contributed by atoms with Crippen LogP contribution in [0.15, 0.2) is 30.3 Å². The quantitative estimate of drug-likeness (QED) is 0.881. The van der Waals surface area contributed by atoms with Gasteiger partial charge in [0.1, 0.15) is 5.69 Å². The van der Waals surface area contributed by atoms with E-state index in [1.54, 1.807) is 6.07 Å². The van der Waals surface area contributed by atoms with E-state index < -0.39 is 0 Å². The lowest BCUT2D eigenvalue weighted by Crippen LogP contribution is -2.31. The van der Waals surface area contributed by atoms with Gasteiger partial charge >= 0.3 is 0 Å². The number of amides is 1. The van der Waals surface area contributed by atoms with E-state index in [0.29, 0.717) is 17.6 Å². The van der Waals surface area contributed by atoms with Crippen molar-refractivity contribution in [3.8, 4) is 0 Å². The largest absolute Gasteiger partial charge is 0.349 e. The lowest BCUT2D eigenvalue weighted by molar-refractivity contribution is 0.0938. The molecule has 2 N–H and O–H groups in total. The van der Waals surface area contributed by atoms with Crippen LogP contribution in [0.25, 0.3) is 0 Å². The molecule has 1 heterocycles. The van der Waals surface area contributed by atoms with Crippen LogP contribution in [0.3, 0.4) is 0 Å². The second kappa shape index (κ2) is 7.22. The molecule has 0 aliphatic heterocycles. The Morgan fingerprint density at radius 2 is 1.78 bits per heavy atom. The molecule has 0 aliphatic carbocycles. The standard InChI is InChI=1S/C18H24N4O/c1-11(2)14-8-6-7-9-15(14)21-18-20-13(5)10-16(22-18)17(23)19-12(3)4/h6-12H,1-5H3,(H,19,23)(H,20,21,22). The highest BCUT2D eigenvalue weighted by Gasteiger charge is 2.13. The molecule has 5 heteroatoms. The van der Waals surface area contributed by atoms with E-state index in [1.165, 1.54) is 5.56 Å². The lowest BCUT2D eigenvalue weighted by Gasteiger charge is -2.14. The van der Waals surface area contributed by atoms with Crippen molar-refractivity contribution in [2.24, 2.45) is 0 Å². The van der Waals surface area contributed by atoms with Crippen molar-refractivity contribution in [3.63, 3.8) is 0 Å². The van der Waals surface area contributed by atoms with Crippen molar-refractivity contribution in [3.05, 3.63) is 47.3 Å². The van der Waals surface area contributed by atoms with Gasteiger partial charge in [-0.05, 0) is 44.4 Å². The summed E-state index contributed by atoms with van der Waals surface area (Å²) >= 11 is 0. The predicted octanol–water partition coefficient (Wildman–Crippen LogP) is 3.79. The van der Waals surface area contributed by atoms with Crippen LogP contribution in [-0.2, 0) is 0 Å². The monoisotopic (exact) mass is 312 g/mol. The van der Waals surface area contributed by atoms with E-state index in [0.717, 1.165) is 11.4 Å². The number of para-hydroxylation sites is 1. The first-order chi connectivity index (χ1) is 10.9. The van der Waals surface area contributed by atoms with Crippen LogP contribution >= 0.6 is 0 Å². The number of aromatic nitrogens is 2. The van der Waals surface area contributed by atoms with E-state index in [9.17, 15) is 4.79 Å². The Bertz CT molecular complexity index is 695. The zero-order valence-corrected chi connectivity index (χ0v) is 14.3. The number of rotatable bonds is 5. The summed E-state index contributed by atoms with van der Waals surface area (Å²) in [4.78, 5) is 20.9. The highest BCUT2D eigenvalue weighted by Crippen LogP contribution is 2.25. The Kier molecular flexibility index (Phi) is 5.32. The molecule has 0 unspecified atom stereocenters. The fourth-order valence-electron chi connectivity index (χ4n) is 2.31. The van der Waals surface area contributed by atoms with Gasteiger partial charge in [0.2, 0.25) is 5.95 Å². The summed E-state index contributed by atoms with van der Waals surface area (Å²) in [5, 5.41) is 6.09. The maximum atomic E-state index is 12.2. The second-order valence-electron chi connectivity index (χ2n) is 6.21. The van der Waals surface area contributed by atoms with E-state index in [2.05, 4.69) is 40.5 Å². The van der Waals surface area contributed by atoms with Gasteiger partial charge in [0, 0.05) is 17.4 Å². The van der Waals surface area contributed by atoms with Crippen LogP contribution in [0.1, 0.15) is 55.4 Å². The number of benzene rings is 1. The van der Waals surface area contributed by atoms with Gasteiger partial charge in [0.05, 0.1) is 0 Å². The molecular formula is C18H24N4O. The fraction of sp³-hybridized carbons (Fsp3) is 0.389. The maximum absolute atomic E-state index is 12.2. The smallest absolute Gasteiger partial charge is 0.270 e. The molecule has 0 saturated carbocycles. The summed E-state index contributed by atoms with van der Waals surface area (Å²) < 4.78 is 0. The first-order valence-electron chi connectivity index (χ1n) is 7.89. The van der Waals surface area contributed by atoms with E-state index in [4.69, 9.17) is 0 Å². The normalized spacial score (nSPS) is 10.9. The van der Waals surface area contributed by atoms with Crippen LogP contribution < -0.4 is 10.6 Å². The van der Waals surface area contributed by atoms with Gasteiger partial charge in [-0.2, -0.15) is 0 Å². The molecular weight excluding hydrogens is 288 g/mol. The summed E-state index contributed by atoms with van der Waals surface area (Å²) in [5.74, 6) is 0.630. The number of hydrogen-bond acceptors (Lipinski definition) is 4. The summed E-state index contributed by atoms with van der Waals surface area (Å²) in [6.45, 7) is 9.97. The summed E-state index contributed by atoms with van der Waals surface area (Å²) in [6, 6.07) is 9.81. The minimum Gasteiger partial charge on any atom is -0.349 e. The third-order valence-electron chi connectivity index (χ3n) is 3.34. The zero-order chi connectivity index (χ0) is 17.0. The van der Waals surface area contributed by atoms with Gasteiger partial charge in [-0.25, -0.2) is 9.97 Å². The average molecular weight is 312 g/mol. The van der Waals surface area contributed by atoms with Crippen molar-refractivity contribution in [1.82, 2.24) is 15.3 Å². The Morgan fingerprint density at radius 1 is 1.09 bits per heavy atom. The molecule has 23 heavy (non-hydrogen) atoms. The highest BCUT2D eigenvalue weighted by molar-refractivity contribution is 5.92. The van der Waals surface area contributed by atoms with Gasteiger partial charge in [-0.1, -0.05) is 32.0 Å². The topological polar surface area (TPSA) is 66.9 Å². The van der Waals surface area contributed by atoms with Crippen molar-refractivity contribution < 1.29 is 4.79 Å². The van der Waals surface area contributed by atoms with Gasteiger partial charge in [-0.15, -0.1) is 0 Å². The molecule has 122 valence electrons. The van der Waals surface area contributed by atoms with Gasteiger partial charge < -0.3 is 10.6 Å². The fourth-order valence-corrected chi connectivity index (χ4v) is 2.31. The van der Waals surface area contributed by atoms with Gasteiger partial charge in [0.15, 0.2) is 0 Å². The molecule has 0 bridgehead atoms. The van der Waals surface area contributed by atoms with E-state index in [-0.39, 0.29) is 11.9 Å². The summed E-state index contributed by atoms with van der Waals surface area (Å²) in [6.07, 6.45) is 0. The molecule has 1 amide bonds. The van der Waals surface area contributed by atoms with E-state index >= 15 is 0 Å². The van der Waals surface area contributed by atoms with Crippen LogP contribution in [-0.4, -0.2) is 21.9 Å². The first-order valence-corrected chi connectivity index (χ1v) is 7.89. The average Bonchev–Trinajstić information content (AvgIpc) is 2.46. The van der Waals surface area contributed by atoms with E-state index in [1.807, 2.05) is 39.0 Å². The molecule has 2 aromatic rings. The maximum Gasteiger partial charge on any atom is 0.270 e. The molecule has 0 radical (unpaired) electrons. The Balaban J connectivity index is 2.31. The third kappa shape index (κ3) is 4.52. The van der Waals surface area contributed by atoms with Crippen LogP contribution in [0.4, 0.5) is 11.6 Å². The molecule has 0 fully saturated rings. The Morgan fingerprint density at radius 3 is 2.43 bits per heavy atom. The van der Waals surface area contributed by atoms with Crippen LogP contribution in [0.2, 0.25) is 0 Å².